The number of hydrogen-bond donors (Lipinski definition) is 1. The van der Waals surface area contributed by atoms with Gasteiger partial charge in [0.15, 0.2) is 9.84 Å². The van der Waals surface area contributed by atoms with Gasteiger partial charge >= 0.3 is 6.09 Å². The summed E-state index contributed by atoms with van der Waals surface area (Å²) in [4.78, 5) is 25.6. The highest BCUT2D eigenvalue weighted by molar-refractivity contribution is 7.91. The van der Waals surface area contributed by atoms with E-state index in [0.717, 1.165) is 5.56 Å². The average molecular weight is 434 g/mol. The van der Waals surface area contributed by atoms with Crippen molar-refractivity contribution in [2.45, 2.75) is 18.3 Å². The molecule has 1 N–H and O–H groups in total. The van der Waals surface area contributed by atoms with E-state index in [1.807, 2.05) is 30.3 Å². The third kappa shape index (κ3) is 5.56. The standard InChI is InChI=1S/C21H23FN2O5S/c22-18-9-5-4-8-17(18)19-10-11-24(12-13-30(19,27)28)20(25)14-23-21(26)29-15-16-6-2-1-3-7-16/h1-9,19H,10-15H2,(H,23,26)/t19-/m0/s1. The van der Waals surface area contributed by atoms with Crippen LogP contribution in [0.15, 0.2) is 54.6 Å². The molecule has 2 amide bonds. The summed E-state index contributed by atoms with van der Waals surface area (Å²) >= 11 is 0. The number of carbonyl (C=O) groups is 2. The number of alkyl carbamates (subject to hydrolysis) is 1. The number of halogens is 1. The van der Waals surface area contributed by atoms with E-state index in [1.54, 1.807) is 6.07 Å². The molecule has 1 fully saturated rings. The predicted molar refractivity (Wildman–Crippen MR) is 109 cm³/mol. The van der Waals surface area contributed by atoms with Gasteiger partial charge < -0.3 is 15.0 Å². The number of hydrogen-bond acceptors (Lipinski definition) is 5. The third-order valence-electron chi connectivity index (χ3n) is 4.94. The maximum absolute atomic E-state index is 14.1. The lowest BCUT2D eigenvalue weighted by Crippen LogP contribution is -2.41. The fourth-order valence-electron chi connectivity index (χ4n) is 3.31. The second-order valence-electron chi connectivity index (χ2n) is 6.96. The zero-order valence-electron chi connectivity index (χ0n) is 16.3. The lowest BCUT2D eigenvalue weighted by atomic mass is 10.1. The van der Waals surface area contributed by atoms with Crippen molar-refractivity contribution in [2.75, 3.05) is 25.4 Å². The molecular weight excluding hydrogens is 411 g/mol. The van der Waals surface area contributed by atoms with Crippen LogP contribution in [0.5, 0.6) is 0 Å². The van der Waals surface area contributed by atoms with Crippen LogP contribution in [0, 0.1) is 5.82 Å². The van der Waals surface area contributed by atoms with Crippen LogP contribution in [0.1, 0.15) is 22.8 Å². The molecule has 0 radical (unpaired) electrons. The quantitative estimate of drug-likeness (QED) is 0.780. The van der Waals surface area contributed by atoms with Crippen LogP contribution in [0.3, 0.4) is 0 Å². The first-order valence-electron chi connectivity index (χ1n) is 9.55. The Kier molecular flexibility index (Phi) is 7.04. The van der Waals surface area contributed by atoms with E-state index in [-0.39, 0.29) is 44.0 Å². The highest BCUT2D eigenvalue weighted by Crippen LogP contribution is 2.31. The monoisotopic (exact) mass is 434 g/mol. The minimum atomic E-state index is -3.62. The second-order valence-corrected chi connectivity index (χ2v) is 9.26. The summed E-state index contributed by atoms with van der Waals surface area (Å²) in [5, 5.41) is 1.38. The molecular formula is C21H23FN2O5S. The molecule has 0 bridgehead atoms. The maximum atomic E-state index is 14.1. The van der Waals surface area contributed by atoms with Gasteiger partial charge in [-0.25, -0.2) is 17.6 Å². The first-order chi connectivity index (χ1) is 14.4. The second kappa shape index (κ2) is 9.71. The average Bonchev–Trinajstić information content (AvgIpc) is 2.90. The van der Waals surface area contributed by atoms with Crippen molar-refractivity contribution in [3.05, 3.63) is 71.5 Å². The first kappa shape index (κ1) is 21.8. The Hall–Kier alpha value is -2.94. The van der Waals surface area contributed by atoms with Crippen molar-refractivity contribution in [1.82, 2.24) is 10.2 Å². The van der Waals surface area contributed by atoms with Gasteiger partial charge in [0.2, 0.25) is 5.91 Å². The van der Waals surface area contributed by atoms with Crippen LogP contribution in [0.25, 0.3) is 0 Å². The van der Waals surface area contributed by atoms with E-state index in [1.165, 1.54) is 23.1 Å². The topological polar surface area (TPSA) is 92.8 Å². The van der Waals surface area contributed by atoms with Crippen LogP contribution < -0.4 is 5.32 Å². The van der Waals surface area contributed by atoms with Crippen LogP contribution >= 0.6 is 0 Å². The molecule has 1 aliphatic heterocycles. The predicted octanol–water partition coefficient (Wildman–Crippen LogP) is 2.44. The van der Waals surface area contributed by atoms with Gasteiger partial charge in [-0.2, -0.15) is 0 Å². The lowest BCUT2D eigenvalue weighted by Gasteiger charge is -2.20. The van der Waals surface area contributed by atoms with Crippen molar-refractivity contribution in [2.24, 2.45) is 0 Å². The Labute approximate surface area is 174 Å². The van der Waals surface area contributed by atoms with Crippen LogP contribution in [-0.4, -0.2) is 50.7 Å². The van der Waals surface area contributed by atoms with E-state index in [0.29, 0.717) is 0 Å². The molecule has 1 aliphatic rings. The number of nitrogens with zero attached hydrogens (tertiary/aromatic N) is 1. The fraction of sp³-hybridized carbons (Fsp3) is 0.333. The minimum absolute atomic E-state index is 0.00708. The van der Waals surface area contributed by atoms with Crippen molar-refractivity contribution in [3.8, 4) is 0 Å². The Morgan fingerprint density at radius 3 is 2.50 bits per heavy atom. The van der Waals surface area contributed by atoms with Gasteiger partial charge in [0.25, 0.3) is 0 Å². The minimum Gasteiger partial charge on any atom is -0.445 e. The van der Waals surface area contributed by atoms with Gasteiger partial charge in [-0.15, -0.1) is 0 Å². The number of nitrogens with one attached hydrogen (secondary N) is 1. The normalized spacial score (nSPS) is 18.3. The molecule has 7 nitrogen and oxygen atoms in total. The Morgan fingerprint density at radius 2 is 1.77 bits per heavy atom. The highest BCUT2D eigenvalue weighted by atomic mass is 32.2. The summed E-state index contributed by atoms with van der Waals surface area (Å²) in [6, 6.07) is 14.9. The number of ether oxygens (including phenoxy) is 1. The molecule has 0 aliphatic carbocycles. The van der Waals surface area contributed by atoms with E-state index in [2.05, 4.69) is 5.32 Å². The third-order valence-corrected chi connectivity index (χ3v) is 7.05. The lowest BCUT2D eigenvalue weighted by molar-refractivity contribution is -0.129. The number of sulfone groups is 1. The molecule has 160 valence electrons. The van der Waals surface area contributed by atoms with Gasteiger partial charge in [0.1, 0.15) is 19.0 Å². The molecule has 30 heavy (non-hydrogen) atoms. The van der Waals surface area contributed by atoms with Gasteiger partial charge in [-0.1, -0.05) is 48.5 Å². The Bertz CT molecular complexity index is 997. The number of rotatable bonds is 5. The SMILES string of the molecule is O=C(NCC(=O)N1CC[C@@H](c2ccccc2F)S(=O)(=O)CC1)OCc1ccccc1. The van der Waals surface area contributed by atoms with Crippen molar-refractivity contribution in [3.63, 3.8) is 0 Å². The zero-order chi connectivity index (χ0) is 21.6. The molecule has 0 unspecified atom stereocenters. The largest absolute Gasteiger partial charge is 0.445 e. The van der Waals surface area contributed by atoms with E-state index in [9.17, 15) is 22.4 Å². The molecule has 0 aromatic heterocycles. The smallest absolute Gasteiger partial charge is 0.407 e. The van der Waals surface area contributed by atoms with Gasteiger partial charge in [0, 0.05) is 18.7 Å². The van der Waals surface area contributed by atoms with Gasteiger partial charge in [-0.05, 0) is 18.1 Å². The fourth-order valence-corrected chi connectivity index (χ4v) is 5.11. The molecule has 1 saturated heterocycles. The molecule has 0 spiro atoms. The first-order valence-corrected chi connectivity index (χ1v) is 11.3. The summed E-state index contributed by atoms with van der Waals surface area (Å²) in [5.74, 6) is -1.26. The van der Waals surface area contributed by atoms with Crippen molar-refractivity contribution >= 4 is 21.8 Å². The molecule has 0 saturated carbocycles. The molecule has 1 heterocycles. The van der Waals surface area contributed by atoms with Gasteiger partial charge in [-0.3, -0.25) is 4.79 Å². The van der Waals surface area contributed by atoms with Crippen LogP contribution in [0.2, 0.25) is 0 Å². The van der Waals surface area contributed by atoms with Crippen LogP contribution in [-0.2, 0) is 26.0 Å². The molecule has 9 heteroatoms. The van der Waals surface area contributed by atoms with Crippen molar-refractivity contribution in [1.29, 1.82) is 0 Å². The number of amides is 2. The molecule has 1 atom stereocenters. The van der Waals surface area contributed by atoms with Crippen LogP contribution in [0.4, 0.5) is 9.18 Å². The summed E-state index contributed by atoms with van der Waals surface area (Å²) in [7, 11) is -3.62. The Morgan fingerprint density at radius 1 is 1.07 bits per heavy atom. The Balaban J connectivity index is 1.53. The maximum Gasteiger partial charge on any atom is 0.407 e. The molecule has 2 aromatic carbocycles. The summed E-state index contributed by atoms with van der Waals surface area (Å²) in [5.41, 5.74) is 0.935. The van der Waals surface area contributed by atoms with Gasteiger partial charge in [0.05, 0.1) is 11.0 Å². The molecule has 3 rings (SSSR count). The van der Waals surface area contributed by atoms with Crippen molar-refractivity contribution < 1.29 is 27.1 Å². The molecule has 2 aromatic rings. The summed E-state index contributed by atoms with van der Waals surface area (Å²) < 4.78 is 44.4. The summed E-state index contributed by atoms with van der Waals surface area (Å²) in [6.45, 7) is -0.0875. The van der Waals surface area contributed by atoms with E-state index >= 15 is 0 Å². The van der Waals surface area contributed by atoms with E-state index < -0.39 is 32.9 Å². The zero-order valence-corrected chi connectivity index (χ0v) is 17.1. The number of benzene rings is 2. The van der Waals surface area contributed by atoms with E-state index in [4.69, 9.17) is 4.74 Å². The number of carbonyl (C=O) groups excluding carboxylic acids is 2. The summed E-state index contributed by atoms with van der Waals surface area (Å²) in [6.07, 6.45) is -0.646. The highest BCUT2D eigenvalue weighted by Gasteiger charge is 2.34.